The van der Waals surface area contributed by atoms with Crippen LogP contribution in [0.5, 0.6) is 0 Å². The Kier molecular flexibility index (Phi) is 4.00. The molecule has 2 aromatic rings. The predicted octanol–water partition coefficient (Wildman–Crippen LogP) is 4.51. The van der Waals surface area contributed by atoms with Crippen LogP contribution in [0, 0.1) is 17.1 Å². The molecule has 3 nitrogen and oxygen atoms in total. The molecule has 0 radical (unpaired) electrons. The second-order valence-corrected chi connectivity index (χ2v) is 4.33. The first-order valence-corrected chi connectivity index (χ1v) is 5.90. The highest BCUT2D eigenvalue weighted by atomic mass is 35.5. The molecule has 0 spiro atoms. The van der Waals surface area contributed by atoms with Crippen molar-refractivity contribution in [3.05, 3.63) is 52.4 Å². The van der Waals surface area contributed by atoms with Crippen LogP contribution in [-0.4, -0.2) is 4.98 Å². The van der Waals surface area contributed by atoms with Crippen molar-refractivity contribution in [1.82, 2.24) is 4.98 Å². The third kappa shape index (κ3) is 3.23. The summed E-state index contributed by atoms with van der Waals surface area (Å²) in [5, 5.41) is 11.2. The molecule has 1 heterocycles. The van der Waals surface area contributed by atoms with Gasteiger partial charge in [-0.3, -0.25) is 0 Å². The Labute approximate surface area is 121 Å². The fourth-order valence-electron chi connectivity index (χ4n) is 1.54. The number of para-hydroxylation sites is 1. The van der Waals surface area contributed by atoms with E-state index < -0.39 is 23.5 Å². The van der Waals surface area contributed by atoms with Gasteiger partial charge in [-0.1, -0.05) is 17.7 Å². The number of nitrogens with zero attached hydrogens (tertiary/aromatic N) is 2. The Bertz CT molecular complexity index is 702. The standard InChI is InChI=1S/C13H6ClF4N3/c14-8-2-1-3-9(15)11(8)21-12-7(6-19)4-5-10(20-12)13(16,17)18/h1-5H,(H,20,21). The summed E-state index contributed by atoms with van der Waals surface area (Å²) in [6.07, 6.45) is -4.68. The van der Waals surface area contributed by atoms with Crippen molar-refractivity contribution in [1.29, 1.82) is 5.26 Å². The van der Waals surface area contributed by atoms with Crippen molar-refractivity contribution in [2.45, 2.75) is 6.18 Å². The molecule has 0 unspecified atom stereocenters. The maximum atomic E-state index is 13.6. The summed E-state index contributed by atoms with van der Waals surface area (Å²) in [5.41, 5.74) is -1.61. The van der Waals surface area contributed by atoms with E-state index >= 15 is 0 Å². The molecule has 0 amide bonds. The number of anilines is 2. The van der Waals surface area contributed by atoms with E-state index in [0.717, 1.165) is 12.1 Å². The van der Waals surface area contributed by atoms with Crippen molar-refractivity contribution < 1.29 is 17.6 Å². The predicted molar refractivity (Wildman–Crippen MR) is 68.6 cm³/mol. The number of hydrogen-bond acceptors (Lipinski definition) is 3. The number of nitriles is 1. The summed E-state index contributed by atoms with van der Waals surface area (Å²) in [6, 6.07) is 7.07. The lowest BCUT2D eigenvalue weighted by molar-refractivity contribution is -0.141. The maximum Gasteiger partial charge on any atom is 0.433 e. The van der Waals surface area contributed by atoms with E-state index in [2.05, 4.69) is 10.3 Å². The largest absolute Gasteiger partial charge is 0.433 e. The van der Waals surface area contributed by atoms with Crippen LogP contribution in [0.3, 0.4) is 0 Å². The zero-order valence-corrected chi connectivity index (χ0v) is 10.9. The van der Waals surface area contributed by atoms with Gasteiger partial charge in [0.25, 0.3) is 0 Å². The number of rotatable bonds is 2. The summed E-state index contributed by atoms with van der Waals surface area (Å²) >= 11 is 5.77. The van der Waals surface area contributed by atoms with E-state index in [0.29, 0.717) is 6.07 Å². The van der Waals surface area contributed by atoms with Gasteiger partial charge < -0.3 is 5.32 Å². The minimum Gasteiger partial charge on any atom is -0.335 e. The molecule has 0 aliphatic heterocycles. The third-order valence-corrected chi connectivity index (χ3v) is 2.83. The number of benzene rings is 1. The van der Waals surface area contributed by atoms with Crippen LogP contribution in [0.2, 0.25) is 5.02 Å². The average Bonchev–Trinajstić information content (AvgIpc) is 2.42. The lowest BCUT2D eigenvalue weighted by atomic mass is 10.2. The van der Waals surface area contributed by atoms with Crippen LogP contribution >= 0.6 is 11.6 Å². The van der Waals surface area contributed by atoms with Gasteiger partial charge in [-0.2, -0.15) is 18.4 Å². The average molecular weight is 316 g/mol. The Morgan fingerprint density at radius 2 is 1.90 bits per heavy atom. The first-order chi connectivity index (χ1) is 9.82. The molecule has 21 heavy (non-hydrogen) atoms. The highest BCUT2D eigenvalue weighted by Gasteiger charge is 2.33. The molecule has 0 fully saturated rings. The van der Waals surface area contributed by atoms with Crippen LogP contribution in [0.1, 0.15) is 11.3 Å². The van der Waals surface area contributed by atoms with E-state index in [1.54, 1.807) is 6.07 Å². The Hall–Kier alpha value is -2.33. The lowest BCUT2D eigenvalue weighted by Gasteiger charge is -2.12. The Balaban J connectivity index is 2.51. The number of alkyl halides is 3. The van der Waals surface area contributed by atoms with Crippen LogP contribution in [0.4, 0.5) is 29.1 Å². The van der Waals surface area contributed by atoms with Crippen LogP contribution in [-0.2, 0) is 6.18 Å². The number of hydrogen-bond donors (Lipinski definition) is 1. The quantitative estimate of drug-likeness (QED) is 0.830. The molecule has 0 aliphatic carbocycles. The first-order valence-electron chi connectivity index (χ1n) is 5.52. The molecular formula is C13H6ClF4N3. The summed E-state index contributed by atoms with van der Waals surface area (Å²) in [5.74, 6) is -1.19. The van der Waals surface area contributed by atoms with Gasteiger partial charge >= 0.3 is 6.18 Å². The molecule has 1 aromatic heterocycles. The Morgan fingerprint density at radius 1 is 1.19 bits per heavy atom. The van der Waals surface area contributed by atoms with Crippen molar-refractivity contribution >= 4 is 23.1 Å². The normalized spacial score (nSPS) is 11.0. The van der Waals surface area contributed by atoms with Gasteiger partial charge in [0.1, 0.15) is 23.4 Å². The maximum absolute atomic E-state index is 13.6. The van der Waals surface area contributed by atoms with E-state index in [-0.39, 0.29) is 16.3 Å². The third-order valence-electron chi connectivity index (χ3n) is 2.51. The van der Waals surface area contributed by atoms with Crippen LogP contribution in [0.25, 0.3) is 0 Å². The monoisotopic (exact) mass is 315 g/mol. The molecule has 1 aromatic carbocycles. The van der Waals surface area contributed by atoms with Crippen molar-refractivity contribution in [3.8, 4) is 6.07 Å². The first kappa shape index (κ1) is 15.1. The molecule has 0 aliphatic rings. The second-order valence-electron chi connectivity index (χ2n) is 3.92. The molecule has 0 saturated carbocycles. The van der Waals surface area contributed by atoms with Gasteiger partial charge in [0.05, 0.1) is 16.3 Å². The Morgan fingerprint density at radius 3 is 2.48 bits per heavy atom. The van der Waals surface area contributed by atoms with Crippen molar-refractivity contribution in [2.24, 2.45) is 0 Å². The molecule has 0 atom stereocenters. The highest BCUT2D eigenvalue weighted by molar-refractivity contribution is 6.33. The van der Waals surface area contributed by atoms with Crippen molar-refractivity contribution in [2.75, 3.05) is 5.32 Å². The minimum absolute atomic E-state index is 0.0434. The molecule has 8 heteroatoms. The van der Waals surface area contributed by atoms with E-state index in [4.69, 9.17) is 16.9 Å². The molecule has 0 saturated heterocycles. The van der Waals surface area contributed by atoms with E-state index in [1.807, 2.05) is 0 Å². The van der Waals surface area contributed by atoms with Crippen molar-refractivity contribution in [3.63, 3.8) is 0 Å². The zero-order chi connectivity index (χ0) is 15.6. The topological polar surface area (TPSA) is 48.7 Å². The molecule has 108 valence electrons. The smallest absolute Gasteiger partial charge is 0.335 e. The van der Waals surface area contributed by atoms with Gasteiger partial charge in [0.2, 0.25) is 0 Å². The molecule has 1 N–H and O–H groups in total. The SMILES string of the molecule is N#Cc1ccc(C(F)(F)F)nc1Nc1c(F)cccc1Cl. The van der Waals surface area contributed by atoms with Crippen LogP contribution in [0.15, 0.2) is 30.3 Å². The number of pyridine rings is 1. The number of nitrogens with one attached hydrogen (secondary N) is 1. The van der Waals surface area contributed by atoms with Gasteiger partial charge in [-0.15, -0.1) is 0 Å². The fraction of sp³-hybridized carbons (Fsp3) is 0.0769. The molecule has 2 rings (SSSR count). The van der Waals surface area contributed by atoms with Gasteiger partial charge in [-0.25, -0.2) is 9.37 Å². The van der Waals surface area contributed by atoms with Gasteiger partial charge in [-0.05, 0) is 24.3 Å². The van der Waals surface area contributed by atoms with E-state index in [1.165, 1.54) is 12.1 Å². The van der Waals surface area contributed by atoms with E-state index in [9.17, 15) is 17.6 Å². The fourth-order valence-corrected chi connectivity index (χ4v) is 1.75. The van der Waals surface area contributed by atoms with Crippen LogP contribution < -0.4 is 5.32 Å². The number of halogens is 5. The lowest BCUT2D eigenvalue weighted by Crippen LogP contribution is -2.10. The minimum atomic E-state index is -4.68. The second kappa shape index (κ2) is 5.58. The molecule has 0 bridgehead atoms. The summed E-state index contributed by atoms with van der Waals surface area (Å²) in [4.78, 5) is 3.31. The summed E-state index contributed by atoms with van der Waals surface area (Å²) in [6.45, 7) is 0. The zero-order valence-electron chi connectivity index (χ0n) is 10.2. The number of aromatic nitrogens is 1. The summed E-state index contributed by atoms with van der Waals surface area (Å²) in [7, 11) is 0. The molecular weight excluding hydrogens is 310 g/mol. The summed E-state index contributed by atoms with van der Waals surface area (Å²) < 4.78 is 51.5. The van der Waals surface area contributed by atoms with Gasteiger partial charge in [0.15, 0.2) is 0 Å². The highest BCUT2D eigenvalue weighted by Crippen LogP contribution is 2.32. The van der Waals surface area contributed by atoms with Gasteiger partial charge in [0, 0.05) is 0 Å².